The van der Waals surface area contributed by atoms with Crippen molar-refractivity contribution in [1.82, 2.24) is 9.03 Å². The quantitative estimate of drug-likeness (QED) is 0.769. The van der Waals surface area contributed by atoms with Gasteiger partial charge in [-0.15, -0.1) is 6.42 Å². The fourth-order valence-electron chi connectivity index (χ4n) is 2.22. The highest BCUT2D eigenvalue weighted by Gasteiger charge is 2.24. The first-order valence-corrected chi connectivity index (χ1v) is 8.46. The molecule has 6 heteroatoms. The van der Waals surface area contributed by atoms with Crippen LogP contribution in [0.15, 0.2) is 24.3 Å². The van der Waals surface area contributed by atoms with Crippen molar-refractivity contribution in [2.24, 2.45) is 0 Å². The number of benzene rings is 1. The first-order chi connectivity index (χ1) is 10.1. The number of terminal acetylenes is 1. The molecule has 5 nitrogen and oxygen atoms in total. The molecule has 1 aliphatic rings. The van der Waals surface area contributed by atoms with Gasteiger partial charge in [0, 0.05) is 19.6 Å². The highest BCUT2D eigenvalue weighted by molar-refractivity contribution is 7.87. The molecule has 0 bridgehead atoms. The molecule has 0 radical (unpaired) electrons. The lowest BCUT2D eigenvalue weighted by molar-refractivity contribution is 0.370. The number of hydrogen-bond donors (Lipinski definition) is 1. The Bertz CT molecular complexity index is 584. The summed E-state index contributed by atoms with van der Waals surface area (Å²) in [5.41, 5.74) is 1.05. The van der Waals surface area contributed by atoms with E-state index in [0.29, 0.717) is 31.8 Å². The molecule has 1 saturated heterocycles. The van der Waals surface area contributed by atoms with Crippen molar-refractivity contribution in [1.29, 1.82) is 0 Å². The van der Waals surface area contributed by atoms with Crippen LogP contribution in [-0.4, -0.2) is 39.0 Å². The third kappa shape index (κ3) is 4.74. The fraction of sp³-hybridized carbons (Fsp3) is 0.467. The number of nitrogens with zero attached hydrogens (tertiary/aromatic N) is 1. The van der Waals surface area contributed by atoms with Gasteiger partial charge in [0.05, 0.1) is 0 Å². The third-order valence-electron chi connectivity index (χ3n) is 3.35. The molecule has 1 heterocycles. The van der Waals surface area contributed by atoms with Gasteiger partial charge in [-0.3, -0.25) is 0 Å². The maximum Gasteiger partial charge on any atom is 0.279 e. The molecule has 1 aromatic rings. The molecular formula is C15H20N2O3S. The highest BCUT2D eigenvalue weighted by Crippen LogP contribution is 2.13. The van der Waals surface area contributed by atoms with Gasteiger partial charge in [-0.1, -0.05) is 18.1 Å². The maximum atomic E-state index is 12.0. The Morgan fingerprint density at radius 2 is 1.90 bits per heavy atom. The minimum atomic E-state index is -3.31. The third-order valence-corrected chi connectivity index (χ3v) is 4.96. The van der Waals surface area contributed by atoms with Crippen LogP contribution in [0.2, 0.25) is 0 Å². The van der Waals surface area contributed by atoms with E-state index in [0.717, 1.165) is 18.4 Å². The molecule has 0 atom stereocenters. The maximum absolute atomic E-state index is 12.0. The summed E-state index contributed by atoms with van der Waals surface area (Å²) < 4.78 is 33.4. The molecule has 0 aromatic heterocycles. The average molecular weight is 308 g/mol. The molecular weight excluding hydrogens is 288 g/mol. The molecule has 1 aliphatic heterocycles. The van der Waals surface area contributed by atoms with Crippen LogP contribution in [0.3, 0.4) is 0 Å². The largest absolute Gasteiger partial charge is 0.481 e. The van der Waals surface area contributed by atoms with Crippen molar-refractivity contribution < 1.29 is 13.2 Å². The lowest BCUT2D eigenvalue weighted by Gasteiger charge is -2.16. The molecule has 1 N–H and O–H groups in total. The predicted molar refractivity (Wildman–Crippen MR) is 82.2 cm³/mol. The van der Waals surface area contributed by atoms with Crippen LogP contribution in [-0.2, 0) is 16.6 Å². The van der Waals surface area contributed by atoms with Crippen molar-refractivity contribution >= 4 is 10.2 Å². The van der Waals surface area contributed by atoms with Gasteiger partial charge in [-0.05, 0) is 37.0 Å². The summed E-state index contributed by atoms with van der Waals surface area (Å²) in [6, 6.07) is 7.50. The molecule has 0 saturated carbocycles. The summed E-state index contributed by atoms with van der Waals surface area (Å²) in [7, 11) is -3.31. The van der Waals surface area contributed by atoms with Crippen LogP contribution in [0.25, 0.3) is 0 Å². The molecule has 0 unspecified atom stereocenters. The fourth-order valence-corrected chi connectivity index (χ4v) is 3.50. The zero-order valence-electron chi connectivity index (χ0n) is 11.9. The van der Waals surface area contributed by atoms with Crippen molar-refractivity contribution in [3.05, 3.63) is 29.8 Å². The molecule has 21 heavy (non-hydrogen) atoms. The van der Waals surface area contributed by atoms with Crippen LogP contribution in [0.4, 0.5) is 0 Å². The standard InChI is InChI=1S/C15H20N2O3S/c1-2-13-20-15-7-5-14(6-8-15)9-10-16-21(18,19)17-11-3-4-12-17/h1,5-8,16H,3-4,9-13H2. The van der Waals surface area contributed by atoms with Crippen LogP contribution in [0.5, 0.6) is 5.75 Å². The van der Waals surface area contributed by atoms with Gasteiger partial charge in [0.25, 0.3) is 10.2 Å². The van der Waals surface area contributed by atoms with Gasteiger partial charge in [-0.25, -0.2) is 4.72 Å². The second-order valence-corrected chi connectivity index (χ2v) is 6.65. The Balaban J connectivity index is 1.79. The molecule has 0 aliphatic carbocycles. The number of rotatable bonds is 7. The second-order valence-electron chi connectivity index (χ2n) is 4.89. The zero-order valence-corrected chi connectivity index (χ0v) is 12.7. The predicted octanol–water partition coefficient (Wildman–Crippen LogP) is 1.17. The molecule has 114 valence electrons. The minimum absolute atomic E-state index is 0.245. The SMILES string of the molecule is C#CCOc1ccc(CCNS(=O)(=O)N2CCCC2)cc1. The summed E-state index contributed by atoms with van der Waals surface area (Å²) >= 11 is 0. The van der Waals surface area contributed by atoms with Crippen LogP contribution in [0.1, 0.15) is 18.4 Å². The van der Waals surface area contributed by atoms with E-state index in [1.807, 2.05) is 24.3 Å². The summed E-state index contributed by atoms with van der Waals surface area (Å²) in [5.74, 6) is 3.12. The Labute approximate surface area is 126 Å². The van der Waals surface area contributed by atoms with Gasteiger partial charge >= 0.3 is 0 Å². The summed E-state index contributed by atoms with van der Waals surface area (Å²) in [4.78, 5) is 0. The minimum Gasteiger partial charge on any atom is -0.481 e. The molecule has 0 spiro atoms. The van der Waals surface area contributed by atoms with Crippen molar-refractivity contribution in [3.63, 3.8) is 0 Å². The van der Waals surface area contributed by atoms with E-state index < -0.39 is 10.2 Å². The monoisotopic (exact) mass is 308 g/mol. The van der Waals surface area contributed by atoms with Crippen LogP contribution < -0.4 is 9.46 Å². The number of nitrogens with one attached hydrogen (secondary N) is 1. The average Bonchev–Trinajstić information content (AvgIpc) is 3.01. The zero-order chi connectivity index (χ0) is 15.1. The van der Waals surface area contributed by atoms with Gasteiger partial charge in [0.2, 0.25) is 0 Å². The first-order valence-electron chi connectivity index (χ1n) is 7.02. The van der Waals surface area contributed by atoms with Crippen LogP contribution in [0, 0.1) is 12.3 Å². The van der Waals surface area contributed by atoms with E-state index in [2.05, 4.69) is 10.6 Å². The van der Waals surface area contributed by atoms with E-state index in [1.165, 1.54) is 4.31 Å². The Morgan fingerprint density at radius 1 is 1.24 bits per heavy atom. The van der Waals surface area contributed by atoms with Gasteiger partial charge in [0.1, 0.15) is 12.4 Å². The summed E-state index contributed by atoms with van der Waals surface area (Å²) in [6.45, 7) is 1.88. The van der Waals surface area contributed by atoms with E-state index in [1.54, 1.807) is 0 Å². The van der Waals surface area contributed by atoms with Crippen LogP contribution >= 0.6 is 0 Å². The summed E-state index contributed by atoms with van der Waals surface area (Å²) in [6.07, 6.45) is 7.65. The number of ether oxygens (including phenoxy) is 1. The van der Waals surface area contributed by atoms with Crippen molar-refractivity contribution in [2.45, 2.75) is 19.3 Å². The lowest BCUT2D eigenvalue weighted by atomic mass is 10.1. The lowest BCUT2D eigenvalue weighted by Crippen LogP contribution is -2.39. The van der Waals surface area contributed by atoms with E-state index in [-0.39, 0.29) is 6.61 Å². The van der Waals surface area contributed by atoms with Crippen molar-refractivity contribution in [2.75, 3.05) is 26.2 Å². The van der Waals surface area contributed by atoms with E-state index in [4.69, 9.17) is 11.2 Å². The van der Waals surface area contributed by atoms with Gasteiger partial charge in [-0.2, -0.15) is 12.7 Å². The molecule has 0 amide bonds. The summed E-state index contributed by atoms with van der Waals surface area (Å²) in [5, 5.41) is 0. The number of hydrogen-bond acceptors (Lipinski definition) is 3. The Hall–Kier alpha value is -1.55. The Morgan fingerprint density at radius 3 is 2.52 bits per heavy atom. The Kier molecular flexibility index (Phi) is 5.62. The van der Waals surface area contributed by atoms with Gasteiger partial charge < -0.3 is 4.74 Å². The molecule has 1 fully saturated rings. The van der Waals surface area contributed by atoms with Crippen molar-refractivity contribution in [3.8, 4) is 18.1 Å². The highest BCUT2D eigenvalue weighted by atomic mass is 32.2. The topological polar surface area (TPSA) is 58.6 Å². The normalized spacial score (nSPS) is 15.8. The van der Waals surface area contributed by atoms with E-state index >= 15 is 0 Å². The van der Waals surface area contributed by atoms with Gasteiger partial charge in [0.15, 0.2) is 0 Å². The smallest absolute Gasteiger partial charge is 0.279 e. The van der Waals surface area contributed by atoms with E-state index in [9.17, 15) is 8.42 Å². The second kappa shape index (κ2) is 7.46. The molecule has 1 aromatic carbocycles. The molecule has 2 rings (SSSR count). The first kappa shape index (κ1) is 15.8.